The fourth-order valence-electron chi connectivity index (χ4n) is 1.79. The first-order valence-electron chi connectivity index (χ1n) is 5.67. The summed E-state index contributed by atoms with van der Waals surface area (Å²) < 4.78 is 43.9. The van der Waals surface area contributed by atoms with Crippen LogP contribution in [-0.2, 0) is 6.18 Å². The monoisotopic (exact) mass is 283 g/mol. The molecule has 0 bridgehead atoms. The molecule has 0 aliphatic carbocycles. The summed E-state index contributed by atoms with van der Waals surface area (Å²) in [5, 5.41) is 0. The molecule has 0 saturated carbocycles. The molecular formula is C13H12F3N3O. The summed E-state index contributed by atoms with van der Waals surface area (Å²) in [4.78, 5) is 7.49. The summed E-state index contributed by atoms with van der Waals surface area (Å²) in [5.74, 6) is 0.393. The van der Waals surface area contributed by atoms with E-state index in [1.165, 1.54) is 32.5 Å². The lowest BCUT2D eigenvalue weighted by Crippen LogP contribution is -2.13. The van der Waals surface area contributed by atoms with E-state index in [9.17, 15) is 13.2 Å². The number of pyridine rings is 2. The van der Waals surface area contributed by atoms with E-state index in [2.05, 4.69) is 9.97 Å². The zero-order valence-electron chi connectivity index (χ0n) is 10.8. The van der Waals surface area contributed by atoms with Gasteiger partial charge in [-0.25, -0.2) is 4.98 Å². The van der Waals surface area contributed by atoms with E-state index in [0.29, 0.717) is 16.9 Å². The normalized spacial score (nSPS) is 11.4. The topological polar surface area (TPSA) is 61.0 Å². The van der Waals surface area contributed by atoms with Crippen molar-refractivity contribution in [2.45, 2.75) is 13.1 Å². The Kier molecular flexibility index (Phi) is 3.52. The van der Waals surface area contributed by atoms with Gasteiger partial charge >= 0.3 is 6.18 Å². The number of anilines is 1. The van der Waals surface area contributed by atoms with E-state index in [-0.39, 0.29) is 11.4 Å². The number of aryl methyl sites for hydroxylation is 1. The van der Waals surface area contributed by atoms with Gasteiger partial charge in [-0.3, -0.25) is 4.98 Å². The van der Waals surface area contributed by atoms with Crippen LogP contribution < -0.4 is 10.5 Å². The Morgan fingerprint density at radius 2 is 2.00 bits per heavy atom. The van der Waals surface area contributed by atoms with Gasteiger partial charge in [-0.05, 0) is 24.6 Å². The van der Waals surface area contributed by atoms with Crippen molar-refractivity contribution in [3.8, 4) is 17.0 Å². The first kappa shape index (κ1) is 14.1. The third-order valence-corrected chi connectivity index (χ3v) is 2.81. The SMILES string of the molecule is COc1ccncc1-c1cc(C)c(N)c(C(F)(F)F)n1. The molecule has 4 nitrogen and oxygen atoms in total. The molecule has 2 heterocycles. The second kappa shape index (κ2) is 4.99. The number of aromatic nitrogens is 2. The van der Waals surface area contributed by atoms with Crippen molar-refractivity contribution in [1.82, 2.24) is 9.97 Å². The number of hydrogen-bond acceptors (Lipinski definition) is 4. The van der Waals surface area contributed by atoms with Crippen molar-refractivity contribution in [3.63, 3.8) is 0 Å². The van der Waals surface area contributed by atoms with Gasteiger partial charge in [-0.1, -0.05) is 0 Å². The maximum absolute atomic E-state index is 12.9. The van der Waals surface area contributed by atoms with Crippen LogP contribution in [0.15, 0.2) is 24.5 Å². The minimum Gasteiger partial charge on any atom is -0.496 e. The molecule has 0 atom stereocenters. The quantitative estimate of drug-likeness (QED) is 0.920. The number of halogens is 3. The van der Waals surface area contributed by atoms with Crippen LogP contribution in [0.2, 0.25) is 0 Å². The summed E-state index contributed by atoms with van der Waals surface area (Å²) >= 11 is 0. The van der Waals surface area contributed by atoms with Gasteiger partial charge in [-0.2, -0.15) is 13.2 Å². The van der Waals surface area contributed by atoms with E-state index in [4.69, 9.17) is 10.5 Å². The van der Waals surface area contributed by atoms with Crippen molar-refractivity contribution >= 4 is 5.69 Å². The maximum atomic E-state index is 12.9. The third-order valence-electron chi connectivity index (χ3n) is 2.81. The van der Waals surface area contributed by atoms with Crippen LogP contribution in [0.1, 0.15) is 11.3 Å². The lowest BCUT2D eigenvalue weighted by molar-refractivity contribution is -0.140. The standard InChI is InChI=1S/C13H12F3N3O/c1-7-5-9(8-6-18-4-3-10(8)20-2)19-12(11(7)17)13(14,15)16/h3-6H,17H2,1-2H3. The molecular weight excluding hydrogens is 271 g/mol. The van der Waals surface area contributed by atoms with Crippen molar-refractivity contribution in [2.24, 2.45) is 0 Å². The molecule has 0 fully saturated rings. The van der Waals surface area contributed by atoms with Crippen molar-refractivity contribution in [3.05, 3.63) is 35.8 Å². The number of alkyl halides is 3. The molecule has 2 aromatic heterocycles. The number of methoxy groups -OCH3 is 1. The highest BCUT2D eigenvalue weighted by Gasteiger charge is 2.36. The predicted octanol–water partition coefficient (Wildman–Crippen LogP) is 3.06. The molecule has 0 spiro atoms. The molecule has 106 valence electrons. The highest BCUT2D eigenvalue weighted by atomic mass is 19.4. The van der Waals surface area contributed by atoms with Crippen LogP contribution in [0.3, 0.4) is 0 Å². The Morgan fingerprint density at radius 1 is 1.30 bits per heavy atom. The molecule has 0 saturated heterocycles. The van der Waals surface area contributed by atoms with Crippen LogP contribution in [0, 0.1) is 6.92 Å². The lowest BCUT2D eigenvalue weighted by Gasteiger charge is -2.14. The average Bonchev–Trinajstić information content (AvgIpc) is 2.40. The molecule has 0 aliphatic heterocycles. The number of nitrogens with zero attached hydrogens (tertiary/aromatic N) is 2. The molecule has 0 aliphatic rings. The number of rotatable bonds is 2. The molecule has 7 heteroatoms. The van der Waals surface area contributed by atoms with Crippen LogP contribution in [-0.4, -0.2) is 17.1 Å². The maximum Gasteiger partial charge on any atom is 0.435 e. The summed E-state index contributed by atoms with van der Waals surface area (Å²) in [6.07, 6.45) is -1.73. The Labute approximate surface area is 113 Å². The molecule has 2 N–H and O–H groups in total. The summed E-state index contributed by atoms with van der Waals surface area (Å²) in [5.41, 5.74) is 4.78. The van der Waals surface area contributed by atoms with Crippen LogP contribution in [0.4, 0.5) is 18.9 Å². The van der Waals surface area contributed by atoms with Gasteiger partial charge in [0.2, 0.25) is 0 Å². The van der Waals surface area contributed by atoms with Gasteiger partial charge in [0, 0.05) is 12.4 Å². The van der Waals surface area contributed by atoms with E-state index >= 15 is 0 Å². The van der Waals surface area contributed by atoms with E-state index in [0.717, 1.165) is 0 Å². The average molecular weight is 283 g/mol. The second-order valence-electron chi connectivity index (χ2n) is 4.16. The predicted molar refractivity (Wildman–Crippen MR) is 68.2 cm³/mol. The number of ether oxygens (including phenoxy) is 1. The van der Waals surface area contributed by atoms with E-state index in [1.807, 2.05) is 0 Å². The summed E-state index contributed by atoms with van der Waals surface area (Å²) in [7, 11) is 1.42. The Hall–Kier alpha value is -2.31. The van der Waals surface area contributed by atoms with Crippen LogP contribution in [0.25, 0.3) is 11.3 Å². The van der Waals surface area contributed by atoms with E-state index in [1.54, 1.807) is 6.07 Å². The lowest BCUT2D eigenvalue weighted by atomic mass is 10.1. The largest absolute Gasteiger partial charge is 0.496 e. The Bertz CT molecular complexity index is 641. The fraction of sp³-hybridized carbons (Fsp3) is 0.231. The molecule has 0 unspecified atom stereocenters. The number of nitrogen functional groups attached to an aromatic ring is 1. The third kappa shape index (κ3) is 2.52. The first-order valence-corrected chi connectivity index (χ1v) is 5.67. The summed E-state index contributed by atoms with van der Waals surface area (Å²) in [6, 6.07) is 3.03. The number of nitrogens with two attached hydrogens (primary N) is 1. The molecule has 0 aromatic carbocycles. The van der Waals surface area contributed by atoms with Gasteiger partial charge in [0.15, 0.2) is 5.69 Å². The molecule has 2 aromatic rings. The van der Waals surface area contributed by atoms with Gasteiger partial charge in [0.25, 0.3) is 0 Å². The van der Waals surface area contributed by atoms with Gasteiger partial charge in [0.05, 0.1) is 24.1 Å². The Balaban J connectivity index is 2.67. The van der Waals surface area contributed by atoms with E-state index < -0.39 is 11.9 Å². The second-order valence-corrected chi connectivity index (χ2v) is 4.16. The molecule has 0 radical (unpaired) electrons. The van der Waals surface area contributed by atoms with Crippen LogP contribution >= 0.6 is 0 Å². The van der Waals surface area contributed by atoms with Gasteiger partial charge in [-0.15, -0.1) is 0 Å². The zero-order valence-corrected chi connectivity index (χ0v) is 10.8. The van der Waals surface area contributed by atoms with Gasteiger partial charge in [0.1, 0.15) is 5.75 Å². The smallest absolute Gasteiger partial charge is 0.435 e. The first-order chi connectivity index (χ1) is 9.34. The van der Waals surface area contributed by atoms with Gasteiger partial charge < -0.3 is 10.5 Å². The minimum atomic E-state index is -4.61. The van der Waals surface area contributed by atoms with Crippen molar-refractivity contribution in [2.75, 3.05) is 12.8 Å². The van der Waals surface area contributed by atoms with Crippen LogP contribution in [0.5, 0.6) is 5.75 Å². The minimum absolute atomic E-state index is 0.119. The molecule has 20 heavy (non-hydrogen) atoms. The fourth-order valence-corrected chi connectivity index (χ4v) is 1.79. The molecule has 0 amide bonds. The molecule has 2 rings (SSSR count). The highest BCUT2D eigenvalue weighted by Crippen LogP contribution is 2.37. The highest BCUT2D eigenvalue weighted by molar-refractivity contribution is 5.69. The Morgan fingerprint density at radius 3 is 2.60 bits per heavy atom. The number of hydrogen-bond donors (Lipinski definition) is 1. The summed E-state index contributed by atoms with van der Waals surface area (Å²) in [6.45, 7) is 1.50. The van der Waals surface area contributed by atoms with Crippen molar-refractivity contribution < 1.29 is 17.9 Å². The van der Waals surface area contributed by atoms with Crippen molar-refractivity contribution in [1.29, 1.82) is 0 Å². The zero-order chi connectivity index (χ0) is 14.9.